The lowest BCUT2D eigenvalue weighted by Crippen LogP contribution is -2.40. The van der Waals surface area contributed by atoms with Crippen LogP contribution in [0, 0.1) is 0 Å². The highest BCUT2D eigenvalue weighted by molar-refractivity contribution is 5.95. The number of nitrogens with zero attached hydrogens (tertiary/aromatic N) is 1. The maximum Gasteiger partial charge on any atom is 0.272 e. The SMILES string of the molecule is Nc1cccc[n+]1CC(=O)c1ccccc1. The largest absolute Gasteiger partial charge is 0.290 e. The lowest BCUT2D eigenvalue weighted by atomic mass is 10.1. The van der Waals surface area contributed by atoms with Crippen molar-refractivity contribution in [2.45, 2.75) is 6.54 Å². The molecule has 0 aliphatic carbocycles. The third-order valence-corrected chi connectivity index (χ3v) is 2.39. The third kappa shape index (κ3) is 2.25. The number of aromatic nitrogens is 1. The third-order valence-electron chi connectivity index (χ3n) is 2.39. The number of hydrogen-bond acceptors (Lipinski definition) is 2. The van der Waals surface area contributed by atoms with Crippen LogP contribution in [0.4, 0.5) is 5.82 Å². The van der Waals surface area contributed by atoms with Gasteiger partial charge in [0.25, 0.3) is 5.82 Å². The van der Waals surface area contributed by atoms with Gasteiger partial charge in [-0.25, -0.2) is 4.57 Å². The minimum Gasteiger partial charge on any atom is -0.290 e. The number of carbonyl (C=O) groups is 1. The van der Waals surface area contributed by atoms with Crippen molar-refractivity contribution in [3.63, 3.8) is 0 Å². The summed E-state index contributed by atoms with van der Waals surface area (Å²) in [5.41, 5.74) is 6.46. The Balaban J connectivity index is 2.18. The Bertz CT molecular complexity index is 494. The molecule has 0 amide bonds. The zero-order chi connectivity index (χ0) is 11.4. The van der Waals surface area contributed by atoms with Crippen LogP contribution < -0.4 is 10.3 Å². The molecule has 0 unspecified atom stereocenters. The van der Waals surface area contributed by atoms with Crippen molar-refractivity contribution >= 4 is 11.6 Å². The molecule has 2 N–H and O–H groups in total. The van der Waals surface area contributed by atoms with Crippen molar-refractivity contribution in [3.8, 4) is 0 Å². The van der Waals surface area contributed by atoms with Gasteiger partial charge < -0.3 is 0 Å². The summed E-state index contributed by atoms with van der Waals surface area (Å²) in [7, 11) is 0. The molecule has 0 saturated carbocycles. The maximum atomic E-state index is 11.9. The molecule has 1 aromatic carbocycles. The summed E-state index contributed by atoms with van der Waals surface area (Å²) < 4.78 is 1.73. The summed E-state index contributed by atoms with van der Waals surface area (Å²) in [6.07, 6.45) is 1.80. The number of rotatable bonds is 3. The zero-order valence-electron chi connectivity index (χ0n) is 8.84. The first-order valence-electron chi connectivity index (χ1n) is 5.09. The summed E-state index contributed by atoms with van der Waals surface area (Å²) in [5.74, 6) is 0.648. The fourth-order valence-corrected chi connectivity index (χ4v) is 1.50. The van der Waals surface area contributed by atoms with Gasteiger partial charge in [-0.1, -0.05) is 36.4 Å². The molecule has 0 radical (unpaired) electrons. The van der Waals surface area contributed by atoms with Crippen molar-refractivity contribution in [3.05, 3.63) is 60.3 Å². The Morgan fingerprint density at radius 1 is 1.06 bits per heavy atom. The molecule has 0 fully saturated rings. The van der Waals surface area contributed by atoms with Gasteiger partial charge in [0.2, 0.25) is 5.78 Å². The smallest absolute Gasteiger partial charge is 0.272 e. The Morgan fingerprint density at radius 2 is 1.75 bits per heavy atom. The average Bonchev–Trinajstić information content (AvgIpc) is 2.33. The Morgan fingerprint density at radius 3 is 2.44 bits per heavy atom. The zero-order valence-corrected chi connectivity index (χ0v) is 8.84. The highest BCUT2D eigenvalue weighted by Crippen LogP contribution is 2.00. The van der Waals surface area contributed by atoms with Crippen LogP contribution >= 0.6 is 0 Å². The highest BCUT2D eigenvalue weighted by Gasteiger charge is 2.10. The van der Waals surface area contributed by atoms with E-state index in [2.05, 4.69) is 0 Å². The fraction of sp³-hybridized carbons (Fsp3) is 0.0769. The van der Waals surface area contributed by atoms with Gasteiger partial charge in [-0.2, -0.15) is 0 Å². The van der Waals surface area contributed by atoms with E-state index < -0.39 is 0 Å². The van der Waals surface area contributed by atoms with Gasteiger partial charge in [0.1, 0.15) is 0 Å². The highest BCUT2D eigenvalue weighted by atomic mass is 16.1. The van der Waals surface area contributed by atoms with Gasteiger partial charge >= 0.3 is 0 Å². The van der Waals surface area contributed by atoms with Crippen LogP contribution in [0.15, 0.2) is 54.7 Å². The van der Waals surface area contributed by atoms with Gasteiger partial charge in [0, 0.05) is 11.6 Å². The molecule has 3 nitrogen and oxygen atoms in total. The van der Waals surface area contributed by atoms with E-state index in [1.807, 2.05) is 42.5 Å². The van der Waals surface area contributed by atoms with E-state index in [9.17, 15) is 4.79 Å². The number of Topliss-reactive ketones (excluding diaryl/α,β-unsaturated/α-hetero) is 1. The average molecular weight is 213 g/mol. The second kappa shape index (κ2) is 4.57. The molecule has 16 heavy (non-hydrogen) atoms. The normalized spacial score (nSPS) is 10.0. The van der Waals surface area contributed by atoms with Crippen molar-refractivity contribution in [1.29, 1.82) is 0 Å². The van der Waals surface area contributed by atoms with Crippen LogP contribution in [0.1, 0.15) is 10.4 Å². The van der Waals surface area contributed by atoms with Crippen molar-refractivity contribution in [1.82, 2.24) is 0 Å². The van der Waals surface area contributed by atoms with E-state index in [1.54, 1.807) is 16.8 Å². The number of anilines is 1. The number of carbonyl (C=O) groups excluding carboxylic acids is 1. The molecule has 1 aromatic heterocycles. The molecular weight excluding hydrogens is 200 g/mol. The van der Waals surface area contributed by atoms with Gasteiger partial charge in [0.15, 0.2) is 6.54 Å². The topological polar surface area (TPSA) is 47.0 Å². The Hall–Kier alpha value is -2.16. The molecule has 2 aromatic rings. The number of nitrogens with two attached hydrogens (primary N) is 1. The van der Waals surface area contributed by atoms with Crippen LogP contribution in [-0.2, 0) is 6.54 Å². The van der Waals surface area contributed by atoms with Crippen LogP contribution in [0.25, 0.3) is 0 Å². The fourth-order valence-electron chi connectivity index (χ4n) is 1.50. The minimum absolute atomic E-state index is 0.0588. The summed E-state index contributed by atoms with van der Waals surface area (Å²) in [4.78, 5) is 11.9. The van der Waals surface area contributed by atoms with Crippen LogP contribution in [0.3, 0.4) is 0 Å². The van der Waals surface area contributed by atoms with Gasteiger partial charge in [-0.15, -0.1) is 0 Å². The lowest BCUT2D eigenvalue weighted by molar-refractivity contribution is -0.668. The predicted octanol–water partition coefficient (Wildman–Crippen LogP) is 1.44. The van der Waals surface area contributed by atoms with Crippen molar-refractivity contribution in [2.75, 3.05) is 5.73 Å². The Kier molecular flexibility index (Phi) is 2.96. The molecule has 0 aliphatic rings. The van der Waals surface area contributed by atoms with Crippen LogP contribution in [-0.4, -0.2) is 5.78 Å². The molecule has 0 bridgehead atoms. The first-order chi connectivity index (χ1) is 7.77. The van der Waals surface area contributed by atoms with E-state index in [0.717, 1.165) is 0 Å². The van der Waals surface area contributed by atoms with E-state index in [-0.39, 0.29) is 12.3 Å². The van der Waals surface area contributed by atoms with Gasteiger partial charge in [-0.3, -0.25) is 10.5 Å². The van der Waals surface area contributed by atoms with Crippen LogP contribution in [0.2, 0.25) is 0 Å². The summed E-state index contributed by atoms with van der Waals surface area (Å²) in [5, 5.41) is 0. The predicted molar refractivity (Wildman–Crippen MR) is 61.8 cm³/mol. The Labute approximate surface area is 94.1 Å². The van der Waals surface area contributed by atoms with E-state index in [1.165, 1.54) is 0 Å². The molecule has 0 atom stereocenters. The van der Waals surface area contributed by atoms with Gasteiger partial charge in [-0.05, 0) is 6.07 Å². The van der Waals surface area contributed by atoms with Crippen molar-refractivity contribution < 1.29 is 9.36 Å². The second-order valence-electron chi connectivity index (χ2n) is 3.54. The van der Waals surface area contributed by atoms with E-state index >= 15 is 0 Å². The molecule has 0 spiro atoms. The molecule has 1 heterocycles. The number of benzene rings is 1. The monoisotopic (exact) mass is 213 g/mol. The second-order valence-corrected chi connectivity index (χ2v) is 3.54. The van der Waals surface area contributed by atoms with E-state index in [0.29, 0.717) is 11.4 Å². The number of hydrogen-bond donors (Lipinski definition) is 1. The van der Waals surface area contributed by atoms with E-state index in [4.69, 9.17) is 5.73 Å². The molecule has 0 aliphatic heterocycles. The quantitative estimate of drug-likeness (QED) is 0.619. The summed E-state index contributed by atoms with van der Waals surface area (Å²) in [6, 6.07) is 14.7. The standard InChI is InChI=1S/C13H12N2O/c14-13-8-4-5-9-15(13)10-12(16)11-6-2-1-3-7-11/h1-9,14H,10H2/p+1. The first-order valence-corrected chi connectivity index (χ1v) is 5.09. The molecule has 0 saturated heterocycles. The number of ketones is 1. The van der Waals surface area contributed by atoms with Crippen molar-refractivity contribution in [2.24, 2.45) is 0 Å². The molecule has 80 valence electrons. The molecule has 2 rings (SSSR count). The summed E-state index contributed by atoms with van der Waals surface area (Å²) in [6.45, 7) is 0.274. The maximum absolute atomic E-state index is 11.9. The number of nitrogen functional groups attached to an aromatic ring is 1. The lowest BCUT2D eigenvalue weighted by Gasteiger charge is -2.02. The number of pyridine rings is 1. The minimum atomic E-state index is 0.0588. The molecule has 3 heteroatoms. The van der Waals surface area contributed by atoms with Crippen LogP contribution in [0.5, 0.6) is 0 Å². The van der Waals surface area contributed by atoms with Gasteiger partial charge in [0.05, 0.1) is 6.20 Å². The molecular formula is C13H13N2O+. The summed E-state index contributed by atoms with van der Waals surface area (Å²) >= 11 is 0. The first kappa shape index (κ1) is 10.4.